The van der Waals surface area contributed by atoms with Gasteiger partial charge in [-0.3, -0.25) is 0 Å². The highest BCUT2D eigenvalue weighted by Crippen LogP contribution is 2.21. The van der Waals surface area contributed by atoms with Crippen molar-refractivity contribution in [1.29, 1.82) is 5.26 Å². The van der Waals surface area contributed by atoms with Gasteiger partial charge in [0.15, 0.2) is 5.57 Å². The van der Waals surface area contributed by atoms with E-state index in [1.807, 2.05) is 32.6 Å². The Labute approximate surface area is 114 Å². The Kier molecular flexibility index (Phi) is 7.68. The lowest BCUT2D eigenvalue weighted by Crippen LogP contribution is -2.18. The minimum atomic E-state index is -0.641. The minimum Gasteiger partial charge on any atom is -0.459 e. The normalized spacial score (nSPS) is 16.1. The average molecular weight is 261 g/mol. The molecule has 5 heteroatoms. The van der Waals surface area contributed by atoms with E-state index in [-0.39, 0.29) is 12.2 Å². The number of hydrogen-bond donors (Lipinski definition) is 1. The number of nitriles is 1. The zero-order valence-electron chi connectivity index (χ0n) is 10.9. The summed E-state index contributed by atoms with van der Waals surface area (Å²) in [5, 5.41) is 11.8. The first-order chi connectivity index (χ1) is 9.27. The highest BCUT2D eigenvalue weighted by molar-refractivity contribution is 5.92. The summed E-state index contributed by atoms with van der Waals surface area (Å²) >= 11 is 0. The van der Waals surface area contributed by atoms with E-state index in [1.165, 1.54) is 6.20 Å². The van der Waals surface area contributed by atoms with Crippen molar-refractivity contribution >= 4 is 5.97 Å². The van der Waals surface area contributed by atoms with Crippen molar-refractivity contribution in [1.82, 2.24) is 5.32 Å². The summed E-state index contributed by atoms with van der Waals surface area (Å²) in [4.78, 5) is 11.5. The molecule has 0 aromatic carbocycles. The van der Waals surface area contributed by atoms with Crippen LogP contribution in [0.4, 0.5) is 0 Å². The molecule has 0 heterocycles. The smallest absolute Gasteiger partial charge is 0.350 e. The zero-order chi connectivity index (χ0) is 13.9. The Bertz CT molecular complexity index is 341. The van der Waals surface area contributed by atoms with Crippen molar-refractivity contribution < 1.29 is 14.3 Å². The summed E-state index contributed by atoms with van der Waals surface area (Å²) in [6, 6.07) is 1.81. The molecular formula is C14H17N2O3. The molecular weight excluding hydrogens is 244 g/mol. The first kappa shape index (κ1) is 15.5. The molecule has 101 valence electrons. The highest BCUT2D eigenvalue weighted by atomic mass is 16.6. The third kappa shape index (κ3) is 6.25. The first-order valence-electron chi connectivity index (χ1n) is 6.07. The van der Waals surface area contributed by atoms with Crippen LogP contribution in [-0.4, -0.2) is 32.3 Å². The van der Waals surface area contributed by atoms with Gasteiger partial charge in [0.2, 0.25) is 0 Å². The van der Waals surface area contributed by atoms with Gasteiger partial charge in [-0.2, -0.15) is 5.26 Å². The molecule has 0 amide bonds. The standard InChI is InChI=1S/C14H17N2O3/c1-2-18-7-8-19-14(17)13(9-15)11-16-10-12-5-3-4-6-12/h3-6,11,16H,2,7-8,10H2,1H3/b13-11+. The molecule has 1 aliphatic carbocycles. The number of esters is 1. The summed E-state index contributed by atoms with van der Waals surface area (Å²) in [6.45, 7) is 3.47. The number of ether oxygens (including phenoxy) is 2. The third-order valence-corrected chi connectivity index (χ3v) is 2.29. The Hall–Kier alpha value is -1.54. The molecule has 5 nitrogen and oxygen atoms in total. The molecule has 1 saturated carbocycles. The largest absolute Gasteiger partial charge is 0.459 e. The highest BCUT2D eigenvalue weighted by Gasteiger charge is 2.16. The number of carbonyl (C=O) groups is 1. The lowest BCUT2D eigenvalue weighted by Gasteiger charge is -2.08. The van der Waals surface area contributed by atoms with E-state index in [2.05, 4.69) is 5.32 Å². The second-order valence-corrected chi connectivity index (χ2v) is 3.68. The molecule has 1 rings (SSSR count). The van der Waals surface area contributed by atoms with Crippen LogP contribution in [-0.2, 0) is 14.3 Å². The lowest BCUT2D eigenvalue weighted by molar-refractivity contribution is -0.140. The summed E-state index contributed by atoms with van der Waals surface area (Å²) in [7, 11) is 0. The van der Waals surface area contributed by atoms with E-state index in [0.717, 1.165) is 5.92 Å². The maximum atomic E-state index is 11.5. The average Bonchev–Trinajstić information content (AvgIpc) is 2.92. The molecule has 0 atom stereocenters. The molecule has 0 bridgehead atoms. The van der Waals surface area contributed by atoms with Gasteiger partial charge in [0.1, 0.15) is 12.7 Å². The third-order valence-electron chi connectivity index (χ3n) is 2.29. The molecule has 1 N–H and O–H groups in total. The monoisotopic (exact) mass is 261 g/mol. The Morgan fingerprint density at radius 1 is 1.42 bits per heavy atom. The van der Waals surface area contributed by atoms with E-state index in [1.54, 1.807) is 6.07 Å². The molecule has 0 spiro atoms. The molecule has 0 aromatic heterocycles. The molecule has 5 radical (unpaired) electrons. The van der Waals surface area contributed by atoms with Crippen molar-refractivity contribution in [3.05, 3.63) is 43.4 Å². The van der Waals surface area contributed by atoms with E-state index >= 15 is 0 Å². The van der Waals surface area contributed by atoms with E-state index in [0.29, 0.717) is 19.8 Å². The van der Waals surface area contributed by atoms with Crippen LogP contribution >= 0.6 is 0 Å². The number of hydrogen-bond acceptors (Lipinski definition) is 5. The van der Waals surface area contributed by atoms with Gasteiger partial charge in [-0.15, -0.1) is 0 Å². The number of carbonyl (C=O) groups excluding carboxylic acids is 1. The van der Waals surface area contributed by atoms with Gasteiger partial charge in [0.05, 0.1) is 6.61 Å². The van der Waals surface area contributed by atoms with Crippen LogP contribution in [0.5, 0.6) is 0 Å². The van der Waals surface area contributed by atoms with Gasteiger partial charge in [-0.25, -0.2) is 4.79 Å². The Morgan fingerprint density at radius 2 is 2.16 bits per heavy atom. The van der Waals surface area contributed by atoms with Crippen LogP contribution in [0.1, 0.15) is 6.92 Å². The summed E-state index contributed by atoms with van der Waals surface area (Å²) in [6.07, 6.45) is 9.12. The van der Waals surface area contributed by atoms with Crippen LogP contribution in [0.2, 0.25) is 0 Å². The van der Waals surface area contributed by atoms with Crippen LogP contribution in [0, 0.1) is 42.9 Å². The number of rotatable bonds is 8. The second kappa shape index (κ2) is 9.40. The van der Waals surface area contributed by atoms with Crippen molar-refractivity contribution in [3.63, 3.8) is 0 Å². The topological polar surface area (TPSA) is 71.3 Å². The number of nitrogens with zero attached hydrogens (tertiary/aromatic N) is 1. The van der Waals surface area contributed by atoms with E-state index in [4.69, 9.17) is 14.7 Å². The van der Waals surface area contributed by atoms with Crippen molar-refractivity contribution in [3.8, 4) is 6.07 Å². The number of nitrogens with one attached hydrogen (secondary N) is 1. The fourth-order valence-corrected chi connectivity index (χ4v) is 1.35. The van der Waals surface area contributed by atoms with Gasteiger partial charge >= 0.3 is 5.97 Å². The Morgan fingerprint density at radius 3 is 2.79 bits per heavy atom. The zero-order valence-corrected chi connectivity index (χ0v) is 10.9. The van der Waals surface area contributed by atoms with Crippen LogP contribution in [0.3, 0.4) is 0 Å². The van der Waals surface area contributed by atoms with Crippen LogP contribution < -0.4 is 5.32 Å². The molecule has 0 aromatic rings. The second-order valence-electron chi connectivity index (χ2n) is 3.68. The van der Waals surface area contributed by atoms with Gasteiger partial charge in [0, 0.05) is 25.3 Å². The van der Waals surface area contributed by atoms with Crippen LogP contribution in [0.15, 0.2) is 11.8 Å². The van der Waals surface area contributed by atoms with Gasteiger partial charge in [-0.1, -0.05) is 0 Å². The maximum absolute atomic E-state index is 11.5. The lowest BCUT2D eigenvalue weighted by atomic mass is 10.1. The minimum absolute atomic E-state index is 0.0527. The summed E-state index contributed by atoms with van der Waals surface area (Å²) in [5.74, 6) is 0.440. The van der Waals surface area contributed by atoms with Gasteiger partial charge in [-0.05, 0) is 32.6 Å². The SMILES string of the molecule is CCOCCOC(=O)/C(C#N)=C/NC[C]1[CH][CH][CH][CH]1. The predicted octanol–water partition coefficient (Wildman–Crippen LogP) is 0.968. The predicted molar refractivity (Wildman–Crippen MR) is 69.6 cm³/mol. The van der Waals surface area contributed by atoms with Crippen molar-refractivity contribution in [2.24, 2.45) is 0 Å². The molecule has 0 saturated heterocycles. The van der Waals surface area contributed by atoms with Crippen molar-refractivity contribution in [2.45, 2.75) is 6.92 Å². The quantitative estimate of drug-likeness (QED) is 0.305. The molecule has 1 fully saturated rings. The molecule has 1 aliphatic rings. The van der Waals surface area contributed by atoms with Crippen LogP contribution in [0.25, 0.3) is 0 Å². The van der Waals surface area contributed by atoms with Crippen molar-refractivity contribution in [2.75, 3.05) is 26.4 Å². The molecule has 0 aliphatic heterocycles. The summed E-state index contributed by atoms with van der Waals surface area (Å²) < 4.78 is 9.92. The van der Waals surface area contributed by atoms with E-state index in [9.17, 15) is 4.79 Å². The molecule has 19 heavy (non-hydrogen) atoms. The fraction of sp³-hybridized carbons (Fsp3) is 0.357. The van der Waals surface area contributed by atoms with E-state index < -0.39 is 5.97 Å². The Balaban J connectivity index is 2.25. The maximum Gasteiger partial charge on any atom is 0.350 e. The van der Waals surface area contributed by atoms with Gasteiger partial charge in [0.25, 0.3) is 0 Å². The summed E-state index contributed by atoms with van der Waals surface area (Å²) in [5.41, 5.74) is -0.0527. The molecule has 0 unspecified atom stereocenters. The fourth-order valence-electron chi connectivity index (χ4n) is 1.35. The first-order valence-corrected chi connectivity index (χ1v) is 6.07. The van der Waals surface area contributed by atoms with Gasteiger partial charge < -0.3 is 14.8 Å².